The van der Waals surface area contributed by atoms with Gasteiger partial charge in [0.2, 0.25) is 0 Å². The van der Waals surface area contributed by atoms with Crippen molar-refractivity contribution in [3.63, 3.8) is 0 Å². The molecule has 3 nitrogen and oxygen atoms in total. The molecule has 18 heavy (non-hydrogen) atoms. The largest absolute Gasteiger partial charge is 0.357 e. The van der Waals surface area contributed by atoms with Gasteiger partial charge in [0.25, 0.3) is 5.91 Å². The Morgan fingerprint density at radius 1 is 1.33 bits per heavy atom. The van der Waals surface area contributed by atoms with Gasteiger partial charge in [-0.1, -0.05) is 23.7 Å². The Bertz CT molecular complexity index is 565. The van der Waals surface area contributed by atoms with Crippen molar-refractivity contribution in [2.75, 3.05) is 0 Å². The highest BCUT2D eigenvalue weighted by atomic mass is 35.5. The minimum atomic E-state index is -0.0467. The maximum atomic E-state index is 11.8. The molecule has 0 saturated heterocycles. The smallest absolute Gasteiger partial charge is 0.267 e. The molecule has 1 amide bonds. The van der Waals surface area contributed by atoms with Crippen molar-refractivity contribution < 1.29 is 4.79 Å². The Kier molecular flexibility index (Phi) is 2.84. The second-order valence-electron chi connectivity index (χ2n) is 4.56. The maximum Gasteiger partial charge on any atom is 0.267 e. The average molecular weight is 261 g/mol. The molecule has 0 bridgehead atoms. The predicted molar refractivity (Wildman–Crippen MR) is 70.9 cm³/mol. The fraction of sp³-hybridized carbons (Fsp3) is 0.214. The van der Waals surface area contributed by atoms with Crippen LogP contribution in [0.4, 0.5) is 0 Å². The number of halogens is 1. The van der Waals surface area contributed by atoms with E-state index in [2.05, 4.69) is 16.4 Å². The van der Waals surface area contributed by atoms with Gasteiger partial charge in [-0.05, 0) is 36.2 Å². The second-order valence-corrected chi connectivity index (χ2v) is 5.00. The first-order valence-corrected chi connectivity index (χ1v) is 6.31. The highest BCUT2D eigenvalue weighted by Crippen LogP contribution is 2.41. The first kappa shape index (κ1) is 11.4. The van der Waals surface area contributed by atoms with Crippen molar-refractivity contribution in [1.82, 2.24) is 10.3 Å². The number of amides is 1. The molecule has 1 aromatic carbocycles. The number of hydrogen-bond donors (Lipinski definition) is 2. The van der Waals surface area contributed by atoms with Crippen LogP contribution in [0.25, 0.3) is 0 Å². The summed E-state index contributed by atoms with van der Waals surface area (Å²) in [6, 6.07) is 11.6. The van der Waals surface area contributed by atoms with E-state index in [1.54, 1.807) is 12.3 Å². The lowest BCUT2D eigenvalue weighted by Crippen LogP contribution is -2.26. The van der Waals surface area contributed by atoms with Gasteiger partial charge in [0.05, 0.1) is 0 Å². The van der Waals surface area contributed by atoms with Crippen molar-refractivity contribution in [2.24, 2.45) is 0 Å². The van der Waals surface area contributed by atoms with Crippen LogP contribution >= 0.6 is 11.6 Å². The molecule has 4 heteroatoms. The minimum absolute atomic E-state index is 0.0467. The van der Waals surface area contributed by atoms with Crippen LogP contribution in [-0.4, -0.2) is 16.9 Å². The molecule has 1 aliphatic carbocycles. The Morgan fingerprint density at radius 2 is 2.22 bits per heavy atom. The molecule has 2 unspecified atom stereocenters. The van der Waals surface area contributed by atoms with Gasteiger partial charge in [-0.3, -0.25) is 4.79 Å². The van der Waals surface area contributed by atoms with Crippen molar-refractivity contribution in [1.29, 1.82) is 0 Å². The van der Waals surface area contributed by atoms with Crippen LogP contribution in [0.1, 0.15) is 28.4 Å². The summed E-state index contributed by atoms with van der Waals surface area (Å²) >= 11 is 5.96. The number of rotatable bonds is 3. The van der Waals surface area contributed by atoms with E-state index in [-0.39, 0.29) is 11.9 Å². The Balaban J connectivity index is 1.63. The van der Waals surface area contributed by atoms with Gasteiger partial charge in [-0.25, -0.2) is 0 Å². The summed E-state index contributed by atoms with van der Waals surface area (Å²) in [5.41, 5.74) is 1.80. The monoisotopic (exact) mass is 260 g/mol. The summed E-state index contributed by atoms with van der Waals surface area (Å²) in [4.78, 5) is 14.7. The highest BCUT2D eigenvalue weighted by Gasteiger charge is 2.39. The van der Waals surface area contributed by atoms with E-state index >= 15 is 0 Å². The van der Waals surface area contributed by atoms with Gasteiger partial charge in [0, 0.05) is 23.2 Å². The summed E-state index contributed by atoms with van der Waals surface area (Å²) < 4.78 is 0. The number of aromatic amines is 1. The second kappa shape index (κ2) is 4.50. The van der Waals surface area contributed by atoms with Crippen molar-refractivity contribution in [3.8, 4) is 0 Å². The number of hydrogen-bond acceptors (Lipinski definition) is 1. The molecule has 1 aliphatic rings. The van der Waals surface area contributed by atoms with E-state index in [9.17, 15) is 4.79 Å². The molecule has 1 saturated carbocycles. The van der Waals surface area contributed by atoms with Crippen LogP contribution in [0.5, 0.6) is 0 Å². The number of carbonyl (C=O) groups is 1. The van der Waals surface area contributed by atoms with E-state index in [4.69, 9.17) is 11.6 Å². The predicted octanol–water partition coefficient (Wildman–Crippen LogP) is 2.95. The number of benzene rings is 1. The number of nitrogens with one attached hydrogen (secondary N) is 2. The number of carbonyl (C=O) groups excluding carboxylic acids is 1. The number of aromatic nitrogens is 1. The molecule has 0 spiro atoms. The fourth-order valence-electron chi connectivity index (χ4n) is 2.18. The Labute approximate surface area is 110 Å². The zero-order valence-corrected chi connectivity index (χ0v) is 10.4. The highest BCUT2D eigenvalue weighted by molar-refractivity contribution is 6.30. The van der Waals surface area contributed by atoms with Gasteiger partial charge in [0.15, 0.2) is 0 Å². The van der Waals surface area contributed by atoms with E-state index in [1.165, 1.54) is 5.56 Å². The summed E-state index contributed by atoms with van der Waals surface area (Å²) in [6.45, 7) is 0. The zero-order chi connectivity index (χ0) is 12.5. The molecular weight excluding hydrogens is 248 g/mol. The average Bonchev–Trinajstić information content (AvgIpc) is 2.91. The van der Waals surface area contributed by atoms with Crippen LogP contribution in [0.3, 0.4) is 0 Å². The lowest BCUT2D eigenvalue weighted by Gasteiger charge is -2.03. The molecule has 2 atom stereocenters. The molecule has 2 N–H and O–H groups in total. The molecule has 1 fully saturated rings. The van der Waals surface area contributed by atoms with E-state index < -0.39 is 0 Å². The fourth-order valence-corrected chi connectivity index (χ4v) is 2.38. The lowest BCUT2D eigenvalue weighted by atomic mass is 10.1. The summed E-state index contributed by atoms with van der Waals surface area (Å²) in [5.74, 6) is 0.345. The van der Waals surface area contributed by atoms with Crippen molar-refractivity contribution in [3.05, 3.63) is 58.9 Å². The molecule has 3 rings (SSSR count). The molecular formula is C14H13ClN2O. The Hall–Kier alpha value is -1.74. The van der Waals surface area contributed by atoms with Gasteiger partial charge < -0.3 is 10.3 Å². The molecule has 92 valence electrons. The molecule has 2 aromatic rings. The van der Waals surface area contributed by atoms with Gasteiger partial charge in [0.1, 0.15) is 5.69 Å². The first-order chi connectivity index (χ1) is 8.74. The van der Waals surface area contributed by atoms with Crippen molar-refractivity contribution >= 4 is 17.5 Å². The normalized spacial score (nSPS) is 21.6. The SMILES string of the molecule is O=C(NC1CC1c1cccc(Cl)c1)c1ccc[nH]1. The zero-order valence-electron chi connectivity index (χ0n) is 9.69. The molecule has 0 aliphatic heterocycles. The lowest BCUT2D eigenvalue weighted by molar-refractivity contribution is 0.0946. The third-order valence-corrected chi connectivity index (χ3v) is 3.46. The van der Waals surface area contributed by atoms with Crippen molar-refractivity contribution in [2.45, 2.75) is 18.4 Å². The summed E-state index contributed by atoms with van der Waals surface area (Å²) in [5, 5.41) is 3.76. The third-order valence-electron chi connectivity index (χ3n) is 3.23. The quantitative estimate of drug-likeness (QED) is 0.876. The van der Waals surface area contributed by atoms with Gasteiger partial charge in [-0.15, -0.1) is 0 Å². The minimum Gasteiger partial charge on any atom is -0.357 e. The van der Waals surface area contributed by atoms with Crippen LogP contribution in [0.15, 0.2) is 42.6 Å². The first-order valence-electron chi connectivity index (χ1n) is 5.94. The topological polar surface area (TPSA) is 44.9 Å². The van der Waals surface area contributed by atoms with Crippen LogP contribution in [-0.2, 0) is 0 Å². The molecule has 0 radical (unpaired) electrons. The Morgan fingerprint density at radius 3 is 2.94 bits per heavy atom. The van der Waals surface area contributed by atoms with Gasteiger partial charge >= 0.3 is 0 Å². The van der Waals surface area contributed by atoms with E-state index in [0.717, 1.165) is 11.4 Å². The summed E-state index contributed by atoms with van der Waals surface area (Å²) in [6.07, 6.45) is 2.73. The van der Waals surface area contributed by atoms with Gasteiger partial charge in [-0.2, -0.15) is 0 Å². The molecule has 1 aromatic heterocycles. The molecule has 1 heterocycles. The standard InChI is InChI=1S/C14H13ClN2O/c15-10-4-1-3-9(7-10)11-8-13(11)17-14(18)12-5-2-6-16-12/h1-7,11,13,16H,8H2,(H,17,18). The summed E-state index contributed by atoms with van der Waals surface area (Å²) in [7, 11) is 0. The number of H-pyrrole nitrogens is 1. The van der Waals surface area contributed by atoms with Crippen LogP contribution in [0, 0.1) is 0 Å². The maximum absolute atomic E-state index is 11.8. The van der Waals surface area contributed by atoms with E-state index in [1.807, 2.05) is 24.3 Å². The van der Waals surface area contributed by atoms with Crippen LogP contribution < -0.4 is 5.32 Å². The van der Waals surface area contributed by atoms with Crippen LogP contribution in [0.2, 0.25) is 5.02 Å². The van der Waals surface area contributed by atoms with E-state index in [0.29, 0.717) is 11.6 Å². The third kappa shape index (κ3) is 2.27.